The van der Waals surface area contributed by atoms with Crippen LogP contribution in [0.4, 0.5) is 0 Å². The molecule has 2 aromatic heterocycles. The number of benzene rings is 1. The molecule has 0 saturated carbocycles. The van der Waals surface area contributed by atoms with Crippen LogP contribution in [0.5, 0.6) is 0 Å². The summed E-state index contributed by atoms with van der Waals surface area (Å²) >= 11 is 1.76. The average Bonchev–Trinajstić information content (AvgIpc) is 3.23. The maximum atomic E-state index is 6.01. The number of aryl methyl sites for hydroxylation is 1. The average molecular weight is 368 g/mol. The molecule has 0 fully saturated rings. The van der Waals surface area contributed by atoms with Crippen LogP contribution in [0.1, 0.15) is 27.4 Å². The zero-order valence-electron chi connectivity index (χ0n) is 15.3. The smallest absolute Gasteiger partial charge is 0.188 e. The van der Waals surface area contributed by atoms with Gasteiger partial charge in [-0.05, 0) is 37.3 Å². The number of hydrogen-bond donors (Lipinski definition) is 2. The maximum absolute atomic E-state index is 6.01. The Labute approximate surface area is 158 Å². The molecular weight excluding hydrogens is 342 g/mol. The lowest BCUT2D eigenvalue weighted by molar-refractivity contribution is 0.658. The highest BCUT2D eigenvalue weighted by Crippen LogP contribution is 2.16. The number of aromatic nitrogens is 2. The molecule has 1 aromatic carbocycles. The van der Waals surface area contributed by atoms with Crippen molar-refractivity contribution in [3.8, 4) is 0 Å². The Morgan fingerprint density at radius 1 is 1.19 bits per heavy atom. The van der Waals surface area contributed by atoms with Crippen molar-refractivity contribution in [2.45, 2.75) is 33.4 Å². The highest BCUT2D eigenvalue weighted by atomic mass is 32.1. The molecule has 3 rings (SSSR count). The molecule has 0 saturated heterocycles. The van der Waals surface area contributed by atoms with Crippen molar-refractivity contribution >= 4 is 17.3 Å². The lowest BCUT2D eigenvalue weighted by Crippen LogP contribution is -2.33. The molecule has 0 atom stereocenters. The molecule has 5 nitrogen and oxygen atoms in total. The topological polar surface area (TPSA) is 68.2 Å². The van der Waals surface area contributed by atoms with Crippen molar-refractivity contribution < 1.29 is 0 Å². The summed E-state index contributed by atoms with van der Waals surface area (Å²) in [5, 5.41) is 9.94. The second-order valence-corrected chi connectivity index (χ2v) is 7.28. The lowest BCUT2D eigenvalue weighted by atomic mass is 10.2. The Morgan fingerprint density at radius 2 is 2.00 bits per heavy atom. The van der Waals surface area contributed by atoms with Gasteiger partial charge in [0.1, 0.15) is 0 Å². The van der Waals surface area contributed by atoms with Gasteiger partial charge < -0.3 is 11.1 Å². The summed E-state index contributed by atoms with van der Waals surface area (Å²) in [7, 11) is 0. The van der Waals surface area contributed by atoms with E-state index in [2.05, 4.69) is 64.1 Å². The van der Waals surface area contributed by atoms with Crippen LogP contribution in [-0.2, 0) is 19.5 Å². The SMILES string of the molecule is Cc1nn(Cc2ccccc2)c(C)c1CN=C(N)NCCc1cccs1. The van der Waals surface area contributed by atoms with E-state index in [4.69, 9.17) is 5.73 Å². The molecule has 2 heterocycles. The third kappa shape index (κ3) is 4.73. The molecule has 0 spiro atoms. The van der Waals surface area contributed by atoms with Crippen molar-refractivity contribution in [3.05, 3.63) is 75.2 Å². The monoisotopic (exact) mass is 367 g/mol. The summed E-state index contributed by atoms with van der Waals surface area (Å²) in [6.07, 6.45) is 0.959. The van der Waals surface area contributed by atoms with Gasteiger partial charge in [0.05, 0.1) is 18.8 Å². The third-order valence-corrected chi connectivity index (χ3v) is 5.31. The summed E-state index contributed by atoms with van der Waals surface area (Å²) in [5.41, 5.74) is 10.5. The lowest BCUT2D eigenvalue weighted by Gasteiger charge is -2.06. The molecule has 3 N–H and O–H groups in total. The molecule has 0 bridgehead atoms. The number of thiophene rings is 1. The van der Waals surface area contributed by atoms with E-state index in [-0.39, 0.29) is 0 Å². The van der Waals surface area contributed by atoms with Gasteiger partial charge in [0, 0.05) is 22.7 Å². The van der Waals surface area contributed by atoms with Crippen molar-refractivity contribution in [3.63, 3.8) is 0 Å². The summed E-state index contributed by atoms with van der Waals surface area (Å²) in [6, 6.07) is 14.6. The highest BCUT2D eigenvalue weighted by molar-refractivity contribution is 7.09. The van der Waals surface area contributed by atoms with Crippen LogP contribution in [0.15, 0.2) is 52.8 Å². The Balaban J connectivity index is 1.58. The van der Waals surface area contributed by atoms with E-state index < -0.39 is 0 Å². The van der Waals surface area contributed by atoms with Crippen molar-refractivity contribution in [1.29, 1.82) is 0 Å². The Hall–Kier alpha value is -2.60. The third-order valence-electron chi connectivity index (χ3n) is 4.37. The molecule has 0 amide bonds. The van der Waals surface area contributed by atoms with Gasteiger partial charge in [0.25, 0.3) is 0 Å². The largest absolute Gasteiger partial charge is 0.370 e. The second-order valence-electron chi connectivity index (χ2n) is 6.25. The molecule has 0 radical (unpaired) electrons. The summed E-state index contributed by atoms with van der Waals surface area (Å²) in [4.78, 5) is 5.84. The minimum absolute atomic E-state index is 0.483. The van der Waals surface area contributed by atoms with Gasteiger partial charge in [-0.15, -0.1) is 11.3 Å². The van der Waals surface area contributed by atoms with Gasteiger partial charge in [-0.1, -0.05) is 36.4 Å². The fourth-order valence-corrected chi connectivity index (χ4v) is 3.57. The molecule has 0 aliphatic heterocycles. The number of nitrogens with one attached hydrogen (secondary N) is 1. The van der Waals surface area contributed by atoms with E-state index >= 15 is 0 Å². The predicted molar refractivity (Wildman–Crippen MR) is 109 cm³/mol. The molecule has 26 heavy (non-hydrogen) atoms. The maximum Gasteiger partial charge on any atom is 0.188 e. The molecule has 136 valence electrons. The summed E-state index contributed by atoms with van der Waals surface area (Å²) < 4.78 is 2.04. The standard InChI is InChI=1S/C20H25N5S/c1-15-19(13-23-20(21)22-11-10-18-9-6-12-26-18)16(2)25(24-15)14-17-7-4-3-5-8-17/h3-9,12H,10-11,13-14H2,1-2H3,(H3,21,22,23). The number of aliphatic imine (C=N–C) groups is 1. The fourth-order valence-electron chi connectivity index (χ4n) is 2.86. The van der Waals surface area contributed by atoms with Crippen molar-refractivity contribution in [1.82, 2.24) is 15.1 Å². The van der Waals surface area contributed by atoms with Crippen LogP contribution in [0.2, 0.25) is 0 Å². The first kappa shape index (κ1) is 18.2. The normalized spacial score (nSPS) is 11.7. The van der Waals surface area contributed by atoms with Gasteiger partial charge in [0.15, 0.2) is 5.96 Å². The number of nitrogens with two attached hydrogens (primary N) is 1. The highest BCUT2D eigenvalue weighted by Gasteiger charge is 2.11. The minimum atomic E-state index is 0.483. The second kappa shape index (κ2) is 8.67. The van der Waals surface area contributed by atoms with Gasteiger partial charge in [-0.2, -0.15) is 5.10 Å². The zero-order chi connectivity index (χ0) is 18.4. The van der Waals surface area contributed by atoms with Crippen molar-refractivity contribution in [2.24, 2.45) is 10.7 Å². The summed E-state index contributed by atoms with van der Waals surface area (Å²) in [5.74, 6) is 0.483. The van der Waals surface area contributed by atoms with Crippen LogP contribution in [0.25, 0.3) is 0 Å². The van der Waals surface area contributed by atoms with Gasteiger partial charge in [-0.25, -0.2) is 4.99 Å². The van der Waals surface area contributed by atoms with E-state index in [0.29, 0.717) is 12.5 Å². The number of nitrogens with zero attached hydrogens (tertiary/aromatic N) is 3. The fraction of sp³-hybridized carbons (Fsp3) is 0.300. The van der Waals surface area contributed by atoms with Crippen molar-refractivity contribution in [2.75, 3.05) is 6.54 Å². The van der Waals surface area contributed by atoms with E-state index in [1.807, 2.05) is 17.7 Å². The van der Waals surface area contributed by atoms with Crippen LogP contribution in [0.3, 0.4) is 0 Å². The Morgan fingerprint density at radius 3 is 2.73 bits per heavy atom. The number of guanidine groups is 1. The molecular formula is C20H25N5S. The molecule has 0 aliphatic rings. The molecule has 0 unspecified atom stereocenters. The van der Waals surface area contributed by atoms with Crippen LogP contribution in [-0.4, -0.2) is 22.3 Å². The van der Waals surface area contributed by atoms with E-state index in [1.54, 1.807) is 11.3 Å². The van der Waals surface area contributed by atoms with E-state index in [9.17, 15) is 0 Å². The van der Waals surface area contributed by atoms with Gasteiger partial charge in [0.2, 0.25) is 0 Å². The molecule has 3 aromatic rings. The molecule has 0 aliphatic carbocycles. The van der Waals surface area contributed by atoms with Crippen LogP contribution >= 0.6 is 11.3 Å². The number of hydrogen-bond acceptors (Lipinski definition) is 3. The Bertz CT molecular complexity index is 850. The quantitative estimate of drug-likeness (QED) is 0.497. The number of rotatable bonds is 7. The summed E-state index contributed by atoms with van der Waals surface area (Å²) in [6.45, 7) is 6.23. The predicted octanol–water partition coefficient (Wildman–Crippen LogP) is 3.26. The first-order chi connectivity index (χ1) is 12.6. The van der Waals surface area contributed by atoms with Crippen LogP contribution < -0.4 is 11.1 Å². The van der Waals surface area contributed by atoms with E-state index in [1.165, 1.54) is 10.4 Å². The van der Waals surface area contributed by atoms with Gasteiger partial charge >= 0.3 is 0 Å². The van der Waals surface area contributed by atoms with Gasteiger partial charge in [-0.3, -0.25) is 4.68 Å². The Kier molecular flexibility index (Phi) is 6.07. The first-order valence-electron chi connectivity index (χ1n) is 8.76. The molecule has 6 heteroatoms. The van der Waals surface area contributed by atoms with E-state index in [0.717, 1.165) is 36.5 Å². The first-order valence-corrected chi connectivity index (χ1v) is 9.64. The zero-order valence-corrected chi connectivity index (χ0v) is 16.1. The minimum Gasteiger partial charge on any atom is -0.370 e. The van der Waals surface area contributed by atoms with Crippen LogP contribution in [0, 0.1) is 13.8 Å².